The Morgan fingerprint density at radius 3 is 2.88 bits per heavy atom. The second kappa shape index (κ2) is 3.99. The molecule has 2 heterocycles. The largest absolute Gasteiger partial charge is 0.222 e. The van der Waals surface area contributed by atoms with Crippen molar-refractivity contribution in [3.63, 3.8) is 0 Å². The van der Waals surface area contributed by atoms with Crippen LogP contribution in [0.4, 0.5) is 0 Å². The number of thioether (sulfide) groups is 1. The van der Waals surface area contributed by atoms with E-state index < -0.39 is 0 Å². The molecule has 0 N–H and O–H groups in total. The molecule has 2 aromatic rings. The molecule has 1 aliphatic rings. The third kappa shape index (κ3) is 1.63. The summed E-state index contributed by atoms with van der Waals surface area (Å²) in [5, 5.41) is 5.91. The molecule has 0 saturated heterocycles. The SMILES string of the molecule is Clc1cccc(-n2nc3c(c2Cl)CSC3)c1. The van der Waals surface area contributed by atoms with Crippen LogP contribution in [0.15, 0.2) is 24.3 Å². The molecule has 1 aromatic heterocycles. The smallest absolute Gasteiger partial charge is 0.137 e. The average molecular weight is 271 g/mol. The fourth-order valence-electron chi connectivity index (χ4n) is 1.76. The topological polar surface area (TPSA) is 17.8 Å². The van der Waals surface area contributed by atoms with Crippen LogP contribution in [-0.2, 0) is 11.5 Å². The van der Waals surface area contributed by atoms with Gasteiger partial charge in [-0.15, -0.1) is 0 Å². The molecule has 0 amide bonds. The average Bonchev–Trinajstić information content (AvgIpc) is 2.82. The van der Waals surface area contributed by atoms with Crippen molar-refractivity contribution in [1.82, 2.24) is 9.78 Å². The van der Waals surface area contributed by atoms with E-state index in [2.05, 4.69) is 5.10 Å². The summed E-state index contributed by atoms with van der Waals surface area (Å²) in [4.78, 5) is 0. The molecular weight excluding hydrogens is 263 g/mol. The Balaban J connectivity index is 2.14. The third-order valence-corrected chi connectivity index (χ3v) is 4.14. The molecular formula is C11H8Cl2N2S. The van der Waals surface area contributed by atoms with E-state index in [1.165, 1.54) is 0 Å². The number of hydrogen-bond acceptors (Lipinski definition) is 2. The second-order valence-corrected chi connectivity index (χ2v) is 5.38. The van der Waals surface area contributed by atoms with Crippen LogP contribution in [-0.4, -0.2) is 9.78 Å². The third-order valence-electron chi connectivity index (χ3n) is 2.54. The minimum atomic E-state index is 0.693. The van der Waals surface area contributed by atoms with E-state index in [0.717, 1.165) is 28.5 Å². The fourth-order valence-corrected chi connectivity index (χ4v) is 3.37. The van der Waals surface area contributed by atoms with Crippen molar-refractivity contribution < 1.29 is 0 Å². The van der Waals surface area contributed by atoms with Gasteiger partial charge in [-0.1, -0.05) is 29.3 Å². The maximum absolute atomic E-state index is 6.30. The predicted molar refractivity (Wildman–Crippen MR) is 68.6 cm³/mol. The first-order valence-electron chi connectivity index (χ1n) is 4.85. The Morgan fingerprint density at radius 2 is 2.12 bits per heavy atom. The Hall–Kier alpha value is -0.640. The Kier molecular flexibility index (Phi) is 2.62. The van der Waals surface area contributed by atoms with E-state index in [0.29, 0.717) is 10.2 Å². The zero-order valence-electron chi connectivity index (χ0n) is 8.28. The van der Waals surface area contributed by atoms with Crippen LogP contribution in [0.3, 0.4) is 0 Å². The number of fused-ring (bicyclic) bond motifs is 1. The Labute approximate surface area is 108 Å². The summed E-state index contributed by atoms with van der Waals surface area (Å²) in [7, 11) is 0. The van der Waals surface area contributed by atoms with E-state index >= 15 is 0 Å². The normalized spacial score (nSPS) is 14.1. The molecule has 16 heavy (non-hydrogen) atoms. The summed E-state index contributed by atoms with van der Waals surface area (Å²) < 4.78 is 1.76. The molecule has 0 spiro atoms. The van der Waals surface area contributed by atoms with Gasteiger partial charge in [0.05, 0.1) is 11.4 Å². The van der Waals surface area contributed by atoms with Crippen LogP contribution in [0.5, 0.6) is 0 Å². The summed E-state index contributed by atoms with van der Waals surface area (Å²) >= 11 is 14.1. The van der Waals surface area contributed by atoms with Crippen molar-refractivity contribution in [1.29, 1.82) is 0 Å². The predicted octanol–water partition coefficient (Wildman–Crippen LogP) is 3.93. The van der Waals surface area contributed by atoms with Gasteiger partial charge in [-0.3, -0.25) is 0 Å². The molecule has 0 bridgehead atoms. The highest BCUT2D eigenvalue weighted by Gasteiger charge is 2.21. The molecule has 0 saturated carbocycles. The summed E-state index contributed by atoms with van der Waals surface area (Å²) in [6, 6.07) is 7.55. The van der Waals surface area contributed by atoms with Gasteiger partial charge in [-0.05, 0) is 18.2 Å². The van der Waals surface area contributed by atoms with Crippen molar-refractivity contribution in [2.24, 2.45) is 0 Å². The van der Waals surface area contributed by atoms with Gasteiger partial charge < -0.3 is 0 Å². The van der Waals surface area contributed by atoms with Crippen molar-refractivity contribution in [2.75, 3.05) is 0 Å². The molecule has 3 rings (SSSR count). The van der Waals surface area contributed by atoms with E-state index in [1.54, 1.807) is 4.68 Å². The summed E-state index contributed by atoms with van der Waals surface area (Å²) in [6.07, 6.45) is 0. The van der Waals surface area contributed by atoms with E-state index in [-0.39, 0.29) is 0 Å². The lowest BCUT2D eigenvalue weighted by atomic mass is 10.3. The van der Waals surface area contributed by atoms with Crippen molar-refractivity contribution in [2.45, 2.75) is 11.5 Å². The monoisotopic (exact) mass is 270 g/mol. The van der Waals surface area contributed by atoms with Gasteiger partial charge in [0, 0.05) is 22.1 Å². The highest BCUT2D eigenvalue weighted by atomic mass is 35.5. The molecule has 82 valence electrons. The molecule has 1 aliphatic heterocycles. The first-order chi connectivity index (χ1) is 7.75. The molecule has 0 radical (unpaired) electrons. The molecule has 0 fully saturated rings. The van der Waals surface area contributed by atoms with Crippen LogP contribution < -0.4 is 0 Å². The number of aromatic nitrogens is 2. The van der Waals surface area contributed by atoms with Crippen LogP contribution >= 0.6 is 35.0 Å². The lowest BCUT2D eigenvalue weighted by Gasteiger charge is -2.04. The molecule has 0 atom stereocenters. The molecule has 2 nitrogen and oxygen atoms in total. The summed E-state index contributed by atoms with van der Waals surface area (Å²) in [6.45, 7) is 0. The Morgan fingerprint density at radius 1 is 1.25 bits per heavy atom. The van der Waals surface area contributed by atoms with Gasteiger partial charge in [0.2, 0.25) is 0 Å². The van der Waals surface area contributed by atoms with Crippen LogP contribution in [0, 0.1) is 0 Å². The zero-order valence-corrected chi connectivity index (χ0v) is 10.6. The Bertz CT molecular complexity index is 551. The highest BCUT2D eigenvalue weighted by molar-refractivity contribution is 7.98. The fraction of sp³-hybridized carbons (Fsp3) is 0.182. The van der Waals surface area contributed by atoms with Gasteiger partial charge in [-0.2, -0.15) is 16.9 Å². The zero-order chi connectivity index (χ0) is 11.1. The summed E-state index contributed by atoms with van der Waals surface area (Å²) in [5.74, 6) is 1.90. The van der Waals surface area contributed by atoms with Gasteiger partial charge >= 0.3 is 0 Å². The van der Waals surface area contributed by atoms with E-state index in [9.17, 15) is 0 Å². The van der Waals surface area contributed by atoms with Crippen LogP contribution in [0.1, 0.15) is 11.3 Å². The standard InChI is InChI=1S/C11H8Cl2N2S/c12-7-2-1-3-8(4-7)15-11(13)9-5-16-6-10(9)14-15/h1-4H,5-6H2. The molecule has 5 heteroatoms. The van der Waals surface area contributed by atoms with Gasteiger partial charge in [0.25, 0.3) is 0 Å². The van der Waals surface area contributed by atoms with Crippen molar-refractivity contribution in [3.8, 4) is 5.69 Å². The maximum atomic E-state index is 6.30. The van der Waals surface area contributed by atoms with Gasteiger partial charge in [0.1, 0.15) is 5.15 Å². The summed E-state index contributed by atoms with van der Waals surface area (Å²) in [5.41, 5.74) is 3.17. The minimum Gasteiger partial charge on any atom is -0.222 e. The molecule has 0 unspecified atom stereocenters. The van der Waals surface area contributed by atoms with Crippen molar-refractivity contribution >= 4 is 35.0 Å². The minimum absolute atomic E-state index is 0.693. The number of benzene rings is 1. The van der Waals surface area contributed by atoms with Gasteiger partial charge in [-0.25, -0.2) is 4.68 Å². The first-order valence-corrected chi connectivity index (χ1v) is 6.77. The lowest BCUT2D eigenvalue weighted by molar-refractivity contribution is 0.860. The number of nitrogens with zero attached hydrogens (tertiary/aromatic N) is 2. The van der Waals surface area contributed by atoms with E-state index in [4.69, 9.17) is 23.2 Å². The van der Waals surface area contributed by atoms with E-state index in [1.807, 2.05) is 36.0 Å². The number of halogens is 2. The molecule has 0 aliphatic carbocycles. The quantitative estimate of drug-likeness (QED) is 0.782. The first kappa shape index (κ1) is 10.5. The lowest BCUT2D eigenvalue weighted by Crippen LogP contribution is -1.97. The van der Waals surface area contributed by atoms with Crippen LogP contribution in [0.2, 0.25) is 10.2 Å². The maximum Gasteiger partial charge on any atom is 0.137 e. The van der Waals surface area contributed by atoms with Crippen molar-refractivity contribution in [3.05, 3.63) is 45.7 Å². The second-order valence-electron chi connectivity index (χ2n) is 3.60. The highest BCUT2D eigenvalue weighted by Crippen LogP contribution is 2.35. The van der Waals surface area contributed by atoms with Gasteiger partial charge in [0.15, 0.2) is 0 Å². The number of rotatable bonds is 1. The number of hydrogen-bond donors (Lipinski definition) is 0. The molecule has 1 aromatic carbocycles. The van der Waals surface area contributed by atoms with Crippen LogP contribution in [0.25, 0.3) is 5.69 Å².